The molecule has 1 aliphatic rings. The van der Waals surface area contributed by atoms with Crippen LogP contribution in [-0.4, -0.2) is 43.5 Å². The summed E-state index contributed by atoms with van der Waals surface area (Å²) >= 11 is 0. The fourth-order valence-corrected chi connectivity index (χ4v) is 2.79. The van der Waals surface area contributed by atoms with Crippen LogP contribution in [0.25, 0.3) is 0 Å². The van der Waals surface area contributed by atoms with Gasteiger partial charge in [0.25, 0.3) is 5.91 Å². The van der Waals surface area contributed by atoms with Crippen LogP contribution < -0.4 is 15.5 Å². The summed E-state index contributed by atoms with van der Waals surface area (Å²) in [7, 11) is 0. The van der Waals surface area contributed by atoms with Gasteiger partial charge in [-0.2, -0.15) is 0 Å². The highest BCUT2D eigenvalue weighted by Crippen LogP contribution is 2.28. The number of imide groups is 1. The van der Waals surface area contributed by atoms with Gasteiger partial charge < -0.3 is 15.0 Å². The number of nitrogens with one attached hydrogen (secondary N) is 2. The van der Waals surface area contributed by atoms with Crippen LogP contribution in [0.15, 0.2) is 24.3 Å². The number of amides is 4. The van der Waals surface area contributed by atoms with E-state index in [0.29, 0.717) is 6.54 Å². The molecule has 0 aliphatic carbocycles. The number of rotatable bonds is 6. The number of ether oxygens (including phenoxy) is 1. The Hall–Kier alpha value is -2.90. The van der Waals surface area contributed by atoms with Crippen molar-refractivity contribution in [2.45, 2.75) is 26.7 Å². The molecule has 2 rings (SSSR count). The molecular formula is C18H23N3O5. The highest BCUT2D eigenvalue weighted by molar-refractivity contribution is 6.00. The van der Waals surface area contributed by atoms with Gasteiger partial charge in [-0.25, -0.2) is 4.79 Å². The Bertz CT molecular complexity index is 704. The first-order valence-electron chi connectivity index (χ1n) is 8.58. The highest BCUT2D eigenvalue weighted by Gasteiger charge is 2.37. The Labute approximate surface area is 151 Å². The molecule has 8 nitrogen and oxygen atoms in total. The van der Waals surface area contributed by atoms with Crippen molar-refractivity contribution in [3.63, 3.8) is 0 Å². The van der Waals surface area contributed by atoms with Crippen molar-refractivity contribution in [2.24, 2.45) is 5.92 Å². The molecule has 4 amide bonds. The Kier molecular flexibility index (Phi) is 6.71. The summed E-state index contributed by atoms with van der Waals surface area (Å²) in [5, 5.41) is 4.44. The number of urea groups is 1. The number of nitrogens with zero attached hydrogens (tertiary/aromatic N) is 1. The van der Waals surface area contributed by atoms with Crippen LogP contribution in [0.2, 0.25) is 0 Å². The van der Waals surface area contributed by atoms with Crippen LogP contribution in [-0.2, 0) is 25.5 Å². The molecule has 1 saturated heterocycles. The molecule has 1 atom stereocenters. The zero-order valence-electron chi connectivity index (χ0n) is 14.9. The summed E-state index contributed by atoms with van der Waals surface area (Å²) in [6, 6.07) is 6.90. The molecule has 0 radical (unpaired) electrons. The Morgan fingerprint density at radius 2 is 1.96 bits per heavy atom. The molecule has 0 saturated carbocycles. The van der Waals surface area contributed by atoms with Gasteiger partial charge in [-0.3, -0.25) is 19.7 Å². The first kappa shape index (κ1) is 19.4. The topological polar surface area (TPSA) is 105 Å². The molecule has 1 aromatic rings. The molecule has 26 heavy (non-hydrogen) atoms. The fourth-order valence-electron chi connectivity index (χ4n) is 2.79. The lowest BCUT2D eigenvalue weighted by Gasteiger charge is -2.19. The minimum Gasteiger partial charge on any atom is -0.455 e. The van der Waals surface area contributed by atoms with E-state index < -0.39 is 30.4 Å². The van der Waals surface area contributed by atoms with Crippen LogP contribution in [0.1, 0.15) is 25.8 Å². The minimum atomic E-state index is -0.721. The zero-order chi connectivity index (χ0) is 19.1. The standard InChI is InChI=1S/C18H23N3O5/c1-3-12-7-5-6-8-14(12)21-10-13(9-16(21)23)17(24)26-11-15(22)20-18(25)19-4-2/h5-8,13H,3-4,9-11H2,1-2H3,(H2,19,20,22,25)/t13-/m1/s1. The second-order valence-electron chi connectivity index (χ2n) is 5.90. The third-order valence-electron chi connectivity index (χ3n) is 4.06. The molecule has 0 aromatic heterocycles. The van der Waals surface area contributed by atoms with Gasteiger partial charge in [0.15, 0.2) is 6.61 Å². The average molecular weight is 361 g/mol. The van der Waals surface area contributed by atoms with Crippen LogP contribution in [0.3, 0.4) is 0 Å². The smallest absolute Gasteiger partial charge is 0.321 e. The lowest BCUT2D eigenvalue weighted by atomic mass is 10.1. The van der Waals surface area contributed by atoms with E-state index in [1.165, 1.54) is 0 Å². The Morgan fingerprint density at radius 1 is 1.23 bits per heavy atom. The summed E-state index contributed by atoms with van der Waals surface area (Å²) in [5.74, 6) is -2.13. The zero-order valence-corrected chi connectivity index (χ0v) is 14.9. The first-order chi connectivity index (χ1) is 12.5. The molecular weight excluding hydrogens is 338 g/mol. The van der Waals surface area contributed by atoms with E-state index in [1.54, 1.807) is 11.8 Å². The van der Waals surface area contributed by atoms with E-state index in [2.05, 4.69) is 5.32 Å². The number of para-hydroxylation sites is 1. The van der Waals surface area contributed by atoms with E-state index >= 15 is 0 Å². The summed E-state index contributed by atoms with van der Waals surface area (Å²) in [6.45, 7) is 3.74. The Morgan fingerprint density at radius 3 is 2.65 bits per heavy atom. The molecule has 1 fully saturated rings. The molecule has 1 heterocycles. The molecule has 8 heteroatoms. The van der Waals surface area contributed by atoms with Gasteiger partial charge in [0.1, 0.15) is 0 Å². The van der Waals surface area contributed by atoms with E-state index in [1.807, 2.05) is 36.5 Å². The van der Waals surface area contributed by atoms with Crippen LogP contribution in [0, 0.1) is 5.92 Å². The second kappa shape index (κ2) is 8.98. The third-order valence-corrected chi connectivity index (χ3v) is 4.06. The normalized spacial score (nSPS) is 16.3. The average Bonchev–Trinajstić information content (AvgIpc) is 3.01. The summed E-state index contributed by atoms with van der Waals surface area (Å²) in [6.07, 6.45) is 0.809. The number of esters is 1. The number of carbonyl (C=O) groups excluding carboxylic acids is 4. The number of anilines is 1. The maximum absolute atomic E-state index is 12.3. The molecule has 140 valence electrons. The van der Waals surface area contributed by atoms with Crippen LogP contribution >= 0.6 is 0 Å². The first-order valence-corrected chi connectivity index (χ1v) is 8.58. The molecule has 1 aromatic carbocycles. The summed E-state index contributed by atoms with van der Waals surface area (Å²) in [5.41, 5.74) is 1.82. The van der Waals surface area contributed by atoms with Crippen molar-refractivity contribution in [2.75, 3.05) is 24.6 Å². The minimum absolute atomic E-state index is 0.0365. The third kappa shape index (κ3) is 4.81. The van der Waals surface area contributed by atoms with E-state index in [0.717, 1.165) is 17.7 Å². The Balaban J connectivity index is 1.90. The van der Waals surface area contributed by atoms with Gasteiger partial charge in [0.05, 0.1) is 5.92 Å². The lowest BCUT2D eigenvalue weighted by molar-refractivity contribution is -0.152. The van der Waals surface area contributed by atoms with Gasteiger partial charge in [-0.05, 0) is 25.0 Å². The van der Waals surface area contributed by atoms with E-state index in [9.17, 15) is 19.2 Å². The van der Waals surface area contributed by atoms with Crippen molar-refractivity contribution >= 4 is 29.5 Å². The monoisotopic (exact) mass is 361 g/mol. The quantitative estimate of drug-likeness (QED) is 0.735. The summed E-state index contributed by atoms with van der Waals surface area (Å²) < 4.78 is 4.95. The SMILES string of the molecule is CCNC(=O)NC(=O)COC(=O)[C@@H]1CC(=O)N(c2ccccc2CC)C1. The lowest BCUT2D eigenvalue weighted by Crippen LogP contribution is -2.41. The largest absolute Gasteiger partial charge is 0.455 e. The fraction of sp³-hybridized carbons (Fsp3) is 0.444. The number of benzene rings is 1. The van der Waals surface area contributed by atoms with Gasteiger partial charge >= 0.3 is 12.0 Å². The van der Waals surface area contributed by atoms with Gasteiger partial charge in [-0.1, -0.05) is 25.1 Å². The van der Waals surface area contributed by atoms with E-state index in [-0.39, 0.29) is 18.9 Å². The number of aryl methyl sites for hydroxylation is 1. The van der Waals surface area contributed by atoms with Gasteiger partial charge in [0, 0.05) is 25.2 Å². The van der Waals surface area contributed by atoms with Crippen molar-refractivity contribution < 1.29 is 23.9 Å². The van der Waals surface area contributed by atoms with Crippen LogP contribution in [0.5, 0.6) is 0 Å². The molecule has 0 spiro atoms. The van der Waals surface area contributed by atoms with Gasteiger partial charge in [-0.15, -0.1) is 0 Å². The maximum Gasteiger partial charge on any atom is 0.321 e. The van der Waals surface area contributed by atoms with Crippen molar-refractivity contribution in [1.29, 1.82) is 0 Å². The molecule has 2 N–H and O–H groups in total. The van der Waals surface area contributed by atoms with E-state index in [4.69, 9.17) is 4.74 Å². The van der Waals surface area contributed by atoms with Crippen molar-refractivity contribution in [3.8, 4) is 0 Å². The van der Waals surface area contributed by atoms with Crippen molar-refractivity contribution in [1.82, 2.24) is 10.6 Å². The van der Waals surface area contributed by atoms with Crippen LogP contribution in [0.4, 0.5) is 10.5 Å². The predicted molar refractivity (Wildman–Crippen MR) is 94.5 cm³/mol. The maximum atomic E-state index is 12.3. The number of carbonyl (C=O) groups is 4. The number of hydrogen-bond donors (Lipinski definition) is 2. The number of hydrogen-bond acceptors (Lipinski definition) is 5. The second-order valence-corrected chi connectivity index (χ2v) is 5.90. The highest BCUT2D eigenvalue weighted by atomic mass is 16.5. The summed E-state index contributed by atoms with van der Waals surface area (Å²) in [4.78, 5) is 48.8. The molecule has 0 bridgehead atoms. The predicted octanol–water partition coefficient (Wildman–Crippen LogP) is 0.991. The molecule has 0 unspecified atom stereocenters. The molecule has 1 aliphatic heterocycles. The van der Waals surface area contributed by atoms with Crippen molar-refractivity contribution in [3.05, 3.63) is 29.8 Å². The van der Waals surface area contributed by atoms with Gasteiger partial charge in [0.2, 0.25) is 5.91 Å².